The van der Waals surface area contributed by atoms with Gasteiger partial charge in [-0.1, -0.05) is 33.2 Å². The summed E-state index contributed by atoms with van der Waals surface area (Å²) < 4.78 is 12.1. The maximum atomic E-state index is 8.81. The van der Waals surface area contributed by atoms with E-state index in [1.54, 1.807) is 20.1 Å². The van der Waals surface area contributed by atoms with E-state index in [4.69, 9.17) is 14.7 Å². The summed E-state index contributed by atoms with van der Waals surface area (Å²) in [6.45, 7) is 2.17. The minimum absolute atomic E-state index is 0.454. The molecule has 110 valence electrons. The van der Waals surface area contributed by atoms with Gasteiger partial charge < -0.3 is 14.7 Å². The van der Waals surface area contributed by atoms with Crippen LogP contribution in [0.4, 0.5) is 0 Å². The average molecular weight is 350 g/mol. The highest BCUT2D eigenvalue weighted by molar-refractivity contribution is 9.10. The summed E-state index contributed by atoms with van der Waals surface area (Å²) in [5, 5.41) is 12.0. The molecule has 0 amide bonds. The van der Waals surface area contributed by atoms with Gasteiger partial charge in [-0.15, -0.1) is 0 Å². The number of hydrogen-bond donors (Lipinski definition) is 1. The molecule has 0 bridgehead atoms. The molecule has 0 spiro atoms. The van der Waals surface area contributed by atoms with E-state index in [1.165, 1.54) is 0 Å². The topological polar surface area (TPSA) is 51.0 Å². The van der Waals surface area contributed by atoms with Crippen molar-refractivity contribution in [2.45, 2.75) is 13.5 Å². The van der Waals surface area contributed by atoms with E-state index in [0.717, 1.165) is 15.6 Å². The number of benzene rings is 2. The van der Waals surface area contributed by atoms with Crippen LogP contribution in [0, 0.1) is 0 Å². The van der Waals surface area contributed by atoms with Crippen molar-refractivity contribution < 1.29 is 14.7 Å². The molecule has 21 heavy (non-hydrogen) atoms. The number of ether oxygens (including phenoxy) is 2. The number of hydrogen-bond acceptors (Lipinski definition) is 4. The third-order valence-corrected chi connectivity index (χ3v) is 3.57. The molecule has 5 heteroatoms. The second-order valence-electron chi connectivity index (χ2n) is 4.47. The van der Waals surface area contributed by atoms with Crippen LogP contribution in [0.5, 0.6) is 11.5 Å². The third kappa shape index (κ3) is 3.98. The Bertz CT molecular complexity index is 638. The molecule has 4 nitrogen and oxygen atoms in total. The monoisotopic (exact) mass is 349 g/mol. The minimum Gasteiger partial charge on any atom is -0.493 e. The van der Waals surface area contributed by atoms with Crippen molar-refractivity contribution in [1.29, 1.82) is 0 Å². The molecule has 0 aliphatic heterocycles. The molecule has 0 aliphatic rings. The summed E-state index contributed by atoms with van der Waals surface area (Å²) in [6.07, 6.45) is 0. The van der Waals surface area contributed by atoms with Gasteiger partial charge in [0.15, 0.2) is 11.5 Å². The first-order valence-corrected chi connectivity index (χ1v) is 7.17. The van der Waals surface area contributed by atoms with Crippen LogP contribution in [0.25, 0.3) is 0 Å². The maximum absolute atomic E-state index is 8.81. The van der Waals surface area contributed by atoms with Gasteiger partial charge in [0.1, 0.15) is 6.61 Å². The molecule has 0 radical (unpaired) electrons. The maximum Gasteiger partial charge on any atom is 0.161 e. The summed E-state index contributed by atoms with van der Waals surface area (Å²) in [7, 11) is 1.58. The van der Waals surface area contributed by atoms with Crippen molar-refractivity contribution in [2.75, 3.05) is 7.11 Å². The molecule has 0 fully saturated rings. The normalized spacial score (nSPS) is 11.3. The Kier molecular flexibility index (Phi) is 5.22. The summed E-state index contributed by atoms with van der Waals surface area (Å²) in [4.78, 5) is 0. The van der Waals surface area contributed by atoms with Gasteiger partial charge in [0.2, 0.25) is 0 Å². The largest absolute Gasteiger partial charge is 0.493 e. The Morgan fingerprint density at radius 2 is 1.86 bits per heavy atom. The molecule has 0 heterocycles. The van der Waals surface area contributed by atoms with Crippen molar-refractivity contribution in [1.82, 2.24) is 0 Å². The lowest BCUT2D eigenvalue weighted by Crippen LogP contribution is -2.00. The van der Waals surface area contributed by atoms with E-state index < -0.39 is 0 Å². The molecular weight excluding hydrogens is 334 g/mol. The predicted molar refractivity (Wildman–Crippen MR) is 85.5 cm³/mol. The molecule has 0 saturated carbocycles. The average Bonchev–Trinajstić information content (AvgIpc) is 2.53. The number of halogens is 1. The fourth-order valence-corrected chi connectivity index (χ4v) is 2.08. The number of rotatable bonds is 5. The predicted octanol–water partition coefficient (Wildman–Crippen LogP) is 4.23. The van der Waals surface area contributed by atoms with Gasteiger partial charge in [-0.2, -0.15) is 0 Å². The van der Waals surface area contributed by atoms with Crippen molar-refractivity contribution in [3.8, 4) is 11.5 Å². The molecule has 2 aromatic carbocycles. The lowest BCUT2D eigenvalue weighted by molar-refractivity contribution is 0.284. The molecule has 2 aromatic rings. The van der Waals surface area contributed by atoms with Crippen LogP contribution in [0.15, 0.2) is 52.1 Å². The highest BCUT2D eigenvalue weighted by Crippen LogP contribution is 2.29. The van der Waals surface area contributed by atoms with Crippen LogP contribution in [0.3, 0.4) is 0 Å². The lowest BCUT2D eigenvalue weighted by Gasteiger charge is -2.12. The van der Waals surface area contributed by atoms with Crippen molar-refractivity contribution in [3.05, 3.63) is 58.1 Å². The van der Waals surface area contributed by atoms with Gasteiger partial charge in [-0.25, -0.2) is 0 Å². The van der Waals surface area contributed by atoms with Gasteiger partial charge in [0, 0.05) is 10.0 Å². The van der Waals surface area contributed by atoms with Gasteiger partial charge in [-0.3, -0.25) is 0 Å². The highest BCUT2D eigenvalue weighted by Gasteiger charge is 2.08. The zero-order chi connectivity index (χ0) is 15.2. The van der Waals surface area contributed by atoms with Crippen molar-refractivity contribution >= 4 is 21.6 Å². The number of oxime groups is 1. The van der Waals surface area contributed by atoms with E-state index in [-0.39, 0.29) is 0 Å². The SMILES string of the molecule is COc1cc(/C(C)=N/O)ccc1OCc1ccc(Br)cc1. The summed E-state index contributed by atoms with van der Waals surface area (Å²) in [6, 6.07) is 13.4. The van der Waals surface area contributed by atoms with Crippen LogP contribution in [0.1, 0.15) is 18.1 Å². The Morgan fingerprint density at radius 1 is 1.14 bits per heavy atom. The van der Waals surface area contributed by atoms with Crippen LogP contribution in [0.2, 0.25) is 0 Å². The Balaban J connectivity index is 2.14. The molecule has 0 unspecified atom stereocenters. The van der Waals surface area contributed by atoms with E-state index in [9.17, 15) is 0 Å². The van der Waals surface area contributed by atoms with Gasteiger partial charge >= 0.3 is 0 Å². The van der Waals surface area contributed by atoms with Gasteiger partial charge in [-0.05, 0) is 42.8 Å². The molecule has 0 aromatic heterocycles. The second kappa shape index (κ2) is 7.13. The number of methoxy groups -OCH3 is 1. The van der Waals surface area contributed by atoms with Crippen LogP contribution < -0.4 is 9.47 Å². The Hall–Kier alpha value is -2.01. The molecule has 0 saturated heterocycles. The van der Waals surface area contributed by atoms with E-state index in [0.29, 0.717) is 23.8 Å². The van der Waals surface area contributed by atoms with Gasteiger partial charge in [0.05, 0.1) is 12.8 Å². The van der Waals surface area contributed by atoms with Crippen molar-refractivity contribution in [3.63, 3.8) is 0 Å². The fourth-order valence-electron chi connectivity index (χ4n) is 1.81. The molecule has 2 rings (SSSR count). The molecule has 0 aliphatic carbocycles. The lowest BCUT2D eigenvalue weighted by atomic mass is 10.1. The van der Waals surface area contributed by atoms with Crippen LogP contribution in [-0.2, 0) is 6.61 Å². The molecule has 0 atom stereocenters. The first kappa shape index (κ1) is 15.4. The highest BCUT2D eigenvalue weighted by atomic mass is 79.9. The first-order valence-electron chi connectivity index (χ1n) is 6.38. The smallest absolute Gasteiger partial charge is 0.161 e. The standard InChI is InChI=1S/C16H16BrNO3/c1-11(18-19)13-5-8-15(16(9-13)20-2)21-10-12-3-6-14(17)7-4-12/h3-9,19H,10H2,1-2H3/b18-11+. The number of nitrogens with zero attached hydrogens (tertiary/aromatic N) is 1. The first-order chi connectivity index (χ1) is 10.1. The minimum atomic E-state index is 0.454. The van der Waals surface area contributed by atoms with Crippen molar-refractivity contribution in [2.24, 2.45) is 5.16 Å². The Labute approximate surface area is 132 Å². The summed E-state index contributed by atoms with van der Waals surface area (Å²) >= 11 is 3.40. The second-order valence-corrected chi connectivity index (χ2v) is 5.38. The van der Waals surface area contributed by atoms with E-state index in [1.807, 2.05) is 36.4 Å². The Morgan fingerprint density at radius 3 is 2.48 bits per heavy atom. The molecule has 1 N–H and O–H groups in total. The van der Waals surface area contributed by atoms with Crippen LogP contribution >= 0.6 is 15.9 Å². The summed E-state index contributed by atoms with van der Waals surface area (Å²) in [5.41, 5.74) is 2.37. The zero-order valence-corrected chi connectivity index (χ0v) is 13.4. The zero-order valence-electron chi connectivity index (χ0n) is 11.8. The third-order valence-electron chi connectivity index (χ3n) is 3.04. The summed E-state index contributed by atoms with van der Waals surface area (Å²) in [5.74, 6) is 1.25. The molecular formula is C16H16BrNO3. The van der Waals surface area contributed by atoms with E-state index >= 15 is 0 Å². The van der Waals surface area contributed by atoms with E-state index in [2.05, 4.69) is 21.1 Å². The van der Waals surface area contributed by atoms with Crippen LogP contribution in [-0.4, -0.2) is 18.0 Å². The quantitative estimate of drug-likeness (QED) is 0.499. The van der Waals surface area contributed by atoms with Gasteiger partial charge in [0.25, 0.3) is 0 Å². The fraction of sp³-hybridized carbons (Fsp3) is 0.188.